The number of anilines is 1. The van der Waals surface area contributed by atoms with E-state index in [1.165, 1.54) is 55.9 Å². The topological polar surface area (TPSA) is 59.5 Å². The Morgan fingerprint density at radius 2 is 1.74 bits per heavy atom. The Morgan fingerprint density at radius 3 is 2.30 bits per heavy atom. The Hall–Kier alpha value is -2.29. The summed E-state index contributed by atoms with van der Waals surface area (Å²) in [6.07, 6.45) is -2.27. The predicted octanol–water partition coefficient (Wildman–Crippen LogP) is 2.85. The molecule has 0 aliphatic heterocycles. The van der Waals surface area contributed by atoms with Crippen molar-refractivity contribution < 1.29 is 26.3 Å². The molecule has 124 valence electrons. The quantitative estimate of drug-likeness (QED) is 0.835. The fourth-order valence-corrected chi connectivity index (χ4v) is 3.55. The Morgan fingerprint density at radius 1 is 1.13 bits per heavy atom. The lowest BCUT2D eigenvalue weighted by Crippen LogP contribution is -2.39. The van der Waals surface area contributed by atoms with Crippen molar-refractivity contribution in [3.63, 3.8) is 0 Å². The maximum Gasteiger partial charge on any atom is 0.407 e. The third kappa shape index (κ3) is 3.92. The van der Waals surface area contributed by atoms with E-state index in [-0.39, 0.29) is 20.6 Å². The highest BCUT2D eigenvalue weighted by molar-refractivity contribution is 7.93. The number of ether oxygens (including phenoxy) is 1. The maximum absolute atomic E-state index is 12.9. The van der Waals surface area contributed by atoms with Crippen LogP contribution in [-0.4, -0.2) is 33.2 Å². The molecule has 0 aliphatic rings. The van der Waals surface area contributed by atoms with E-state index < -0.39 is 22.7 Å². The molecule has 2 aromatic rings. The van der Waals surface area contributed by atoms with E-state index in [1.54, 1.807) is 0 Å². The monoisotopic (exact) mass is 346 g/mol. The number of para-hydroxylation sites is 1. The molecule has 0 atom stereocenters. The van der Waals surface area contributed by atoms with Crippen LogP contribution in [0.5, 0.6) is 5.75 Å². The molecule has 0 saturated carbocycles. The molecule has 0 spiro atoms. The average Bonchev–Trinajstić information content (AvgIpc) is 2.52. The number of methoxy groups -OCH3 is 1. The van der Waals surface area contributed by atoms with Crippen molar-refractivity contribution in [1.82, 2.24) is 4.98 Å². The number of pyridine rings is 1. The van der Waals surface area contributed by atoms with Gasteiger partial charge in [0, 0.05) is 12.4 Å². The van der Waals surface area contributed by atoms with Crippen molar-refractivity contribution in [2.45, 2.75) is 11.1 Å². The molecule has 0 radical (unpaired) electrons. The summed E-state index contributed by atoms with van der Waals surface area (Å²) in [7, 11) is -3.22. The number of hydrogen-bond donors (Lipinski definition) is 0. The van der Waals surface area contributed by atoms with Gasteiger partial charge in [0.2, 0.25) is 0 Å². The number of halogens is 3. The highest BCUT2D eigenvalue weighted by Crippen LogP contribution is 2.32. The molecule has 0 aliphatic carbocycles. The third-order valence-electron chi connectivity index (χ3n) is 2.91. The average molecular weight is 346 g/mol. The van der Waals surface area contributed by atoms with Gasteiger partial charge < -0.3 is 4.74 Å². The van der Waals surface area contributed by atoms with Gasteiger partial charge in [-0.05, 0) is 24.3 Å². The first-order chi connectivity index (χ1) is 10.8. The number of sulfonamides is 1. The van der Waals surface area contributed by atoms with Crippen LogP contribution in [0.3, 0.4) is 0 Å². The normalized spacial score (nSPS) is 12.0. The van der Waals surface area contributed by atoms with E-state index >= 15 is 0 Å². The number of benzene rings is 1. The van der Waals surface area contributed by atoms with E-state index in [9.17, 15) is 21.6 Å². The second-order valence-corrected chi connectivity index (χ2v) is 6.31. The van der Waals surface area contributed by atoms with Gasteiger partial charge in [0.1, 0.15) is 17.2 Å². The molecule has 0 unspecified atom stereocenters. The fourth-order valence-electron chi connectivity index (χ4n) is 1.94. The van der Waals surface area contributed by atoms with E-state index in [2.05, 4.69) is 4.98 Å². The summed E-state index contributed by atoms with van der Waals surface area (Å²) in [5, 5.41) is 0. The number of hydrogen-bond acceptors (Lipinski definition) is 4. The molecule has 0 N–H and O–H groups in total. The summed E-state index contributed by atoms with van der Waals surface area (Å²) < 4.78 is 69.3. The molecule has 0 amide bonds. The number of alkyl halides is 3. The van der Waals surface area contributed by atoms with Gasteiger partial charge in [0.25, 0.3) is 10.0 Å². The van der Waals surface area contributed by atoms with Crippen LogP contribution >= 0.6 is 0 Å². The van der Waals surface area contributed by atoms with Crippen molar-refractivity contribution in [1.29, 1.82) is 0 Å². The first kappa shape index (κ1) is 17.1. The molecular formula is C14H13F3N2O3S. The molecule has 1 aromatic heterocycles. The molecule has 1 aromatic carbocycles. The minimum atomic E-state index is -4.71. The summed E-state index contributed by atoms with van der Waals surface area (Å²) in [6, 6.07) is 7.88. The molecule has 9 heteroatoms. The minimum absolute atomic E-state index is 0.0336. The predicted molar refractivity (Wildman–Crippen MR) is 77.8 cm³/mol. The van der Waals surface area contributed by atoms with Crippen LogP contribution in [0.2, 0.25) is 0 Å². The summed E-state index contributed by atoms with van der Waals surface area (Å²) in [4.78, 5) is 3.34. The van der Waals surface area contributed by atoms with Crippen molar-refractivity contribution in [2.75, 3.05) is 18.0 Å². The summed E-state index contributed by atoms with van der Waals surface area (Å²) >= 11 is 0. The van der Waals surface area contributed by atoms with Crippen molar-refractivity contribution in [3.8, 4) is 5.75 Å². The summed E-state index contributed by atoms with van der Waals surface area (Å²) in [5.74, 6) is -0.0336. The highest BCUT2D eigenvalue weighted by Gasteiger charge is 2.38. The molecular weight excluding hydrogens is 333 g/mol. The maximum atomic E-state index is 12.9. The van der Waals surface area contributed by atoms with Gasteiger partial charge in [0.05, 0.1) is 12.8 Å². The van der Waals surface area contributed by atoms with Gasteiger partial charge in [0.15, 0.2) is 0 Å². The van der Waals surface area contributed by atoms with E-state index in [0.717, 1.165) is 0 Å². The Labute approximate surface area is 131 Å². The molecule has 0 bridgehead atoms. The highest BCUT2D eigenvalue weighted by atomic mass is 32.2. The van der Waals surface area contributed by atoms with Crippen LogP contribution in [0.4, 0.5) is 18.9 Å². The van der Waals surface area contributed by atoms with Crippen LogP contribution in [0.15, 0.2) is 53.7 Å². The minimum Gasteiger partial charge on any atom is -0.495 e. The van der Waals surface area contributed by atoms with E-state index in [1.807, 2.05) is 0 Å². The molecule has 23 heavy (non-hydrogen) atoms. The van der Waals surface area contributed by atoms with Gasteiger partial charge in [-0.3, -0.25) is 9.29 Å². The largest absolute Gasteiger partial charge is 0.495 e. The van der Waals surface area contributed by atoms with Crippen molar-refractivity contribution >= 4 is 15.7 Å². The molecule has 2 rings (SSSR count). The van der Waals surface area contributed by atoms with Crippen molar-refractivity contribution in [3.05, 3.63) is 48.8 Å². The van der Waals surface area contributed by atoms with Gasteiger partial charge >= 0.3 is 6.18 Å². The zero-order valence-electron chi connectivity index (χ0n) is 12.0. The lowest BCUT2D eigenvalue weighted by molar-refractivity contribution is -0.117. The number of rotatable bonds is 5. The van der Waals surface area contributed by atoms with Crippen molar-refractivity contribution in [2.24, 2.45) is 0 Å². The smallest absolute Gasteiger partial charge is 0.407 e. The van der Waals surface area contributed by atoms with Crippen LogP contribution in [0.1, 0.15) is 0 Å². The van der Waals surface area contributed by atoms with Crippen LogP contribution < -0.4 is 9.04 Å². The first-order valence-corrected chi connectivity index (χ1v) is 7.82. The SMILES string of the molecule is COc1ccccc1S(=O)(=O)N(CC(F)(F)F)c1ccncc1. The van der Waals surface area contributed by atoms with E-state index in [4.69, 9.17) is 4.74 Å². The van der Waals surface area contributed by atoms with Gasteiger partial charge in [-0.15, -0.1) is 0 Å². The Bertz CT molecular complexity index is 764. The Kier molecular flexibility index (Phi) is 4.79. The van der Waals surface area contributed by atoms with Crippen LogP contribution in [0, 0.1) is 0 Å². The second kappa shape index (κ2) is 6.45. The lowest BCUT2D eigenvalue weighted by Gasteiger charge is -2.26. The number of nitrogens with zero attached hydrogens (tertiary/aromatic N) is 2. The van der Waals surface area contributed by atoms with Crippen LogP contribution in [-0.2, 0) is 10.0 Å². The lowest BCUT2D eigenvalue weighted by atomic mass is 10.3. The van der Waals surface area contributed by atoms with Gasteiger partial charge in [-0.2, -0.15) is 13.2 Å². The summed E-state index contributed by atoms with van der Waals surface area (Å²) in [5.41, 5.74) is -0.136. The fraction of sp³-hybridized carbons (Fsp3) is 0.214. The standard InChI is InChI=1S/C14H13F3N2O3S/c1-22-12-4-2-3-5-13(12)23(20,21)19(10-14(15,16)17)11-6-8-18-9-7-11/h2-9H,10H2,1H3. The van der Waals surface area contributed by atoms with E-state index in [0.29, 0.717) is 0 Å². The molecule has 0 saturated heterocycles. The summed E-state index contributed by atoms with van der Waals surface area (Å²) in [6.45, 7) is -1.66. The van der Waals surface area contributed by atoms with Gasteiger partial charge in [-0.1, -0.05) is 12.1 Å². The Balaban J connectivity index is 2.58. The molecule has 1 heterocycles. The third-order valence-corrected chi connectivity index (χ3v) is 4.72. The van der Waals surface area contributed by atoms with Crippen LogP contribution in [0.25, 0.3) is 0 Å². The van der Waals surface area contributed by atoms with Gasteiger partial charge in [-0.25, -0.2) is 8.42 Å². The number of aromatic nitrogens is 1. The zero-order valence-corrected chi connectivity index (χ0v) is 12.8. The molecule has 5 nitrogen and oxygen atoms in total. The zero-order chi connectivity index (χ0) is 17.1. The first-order valence-electron chi connectivity index (χ1n) is 6.38. The second-order valence-electron chi connectivity index (χ2n) is 4.48. The molecule has 0 fully saturated rings.